The summed E-state index contributed by atoms with van der Waals surface area (Å²) in [6.45, 7) is 6.47. The number of hydrogen-bond acceptors (Lipinski definition) is 6. The Bertz CT molecular complexity index is 723. The molecule has 0 bridgehead atoms. The molecule has 1 aliphatic carbocycles. The molecule has 2 heterocycles. The van der Waals surface area contributed by atoms with Gasteiger partial charge in [-0.05, 0) is 19.1 Å². The third-order valence-corrected chi connectivity index (χ3v) is 4.89. The van der Waals surface area contributed by atoms with E-state index in [2.05, 4.69) is 20.4 Å². The number of pyridine rings is 1. The van der Waals surface area contributed by atoms with Gasteiger partial charge in [0.15, 0.2) is 5.82 Å². The lowest BCUT2D eigenvalue weighted by molar-refractivity contribution is -0.166. The van der Waals surface area contributed by atoms with Gasteiger partial charge in [0.05, 0.1) is 18.0 Å². The average Bonchev–Trinajstić information content (AvgIpc) is 3.09. The van der Waals surface area contributed by atoms with Crippen molar-refractivity contribution in [2.45, 2.75) is 38.8 Å². The molecule has 1 aliphatic rings. The van der Waals surface area contributed by atoms with E-state index in [4.69, 9.17) is 10.5 Å². The summed E-state index contributed by atoms with van der Waals surface area (Å²) in [6, 6.07) is 3.51. The number of amides is 1. The molecule has 144 valence electrons. The second-order valence-corrected chi connectivity index (χ2v) is 6.54. The van der Waals surface area contributed by atoms with Gasteiger partial charge in [-0.25, -0.2) is 14.6 Å². The van der Waals surface area contributed by atoms with Crippen LogP contribution in [0.3, 0.4) is 0 Å². The smallest absolute Gasteiger partial charge is 0.245 e. The fourth-order valence-electron chi connectivity index (χ4n) is 2.99. The summed E-state index contributed by atoms with van der Waals surface area (Å²) in [7, 11) is 0. The van der Waals surface area contributed by atoms with Crippen molar-refractivity contribution in [2.24, 2.45) is 11.1 Å². The van der Waals surface area contributed by atoms with Crippen LogP contribution in [0.4, 0.5) is 5.69 Å². The van der Waals surface area contributed by atoms with Crippen molar-refractivity contribution in [1.82, 2.24) is 19.7 Å². The summed E-state index contributed by atoms with van der Waals surface area (Å²) < 4.78 is 7.20. The zero-order valence-corrected chi connectivity index (χ0v) is 16.5. The topological polar surface area (TPSA) is 108 Å². The number of halogens is 2. The van der Waals surface area contributed by atoms with Gasteiger partial charge in [-0.3, -0.25) is 4.79 Å². The van der Waals surface area contributed by atoms with Crippen molar-refractivity contribution in [3.63, 3.8) is 0 Å². The average molecular weight is 403 g/mol. The van der Waals surface area contributed by atoms with E-state index in [9.17, 15) is 4.79 Å². The largest absolute Gasteiger partial charge is 0.378 e. The molecular weight excluding hydrogens is 379 g/mol. The number of carbonyl (C=O) groups excluding carboxylic acids is 1. The Morgan fingerprint density at radius 2 is 2.15 bits per heavy atom. The molecule has 0 spiro atoms. The van der Waals surface area contributed by atoms with Crippen LogP contribution in [-0.2, 0) is 9.53 Å². The first-order chi connectivity index (χ1) is 11.4. The van der Waals surface area contributed by atoms with Crippen molar-refractivity contribution in [3.8, 4) is 5.82 Å². The molecule has 10 heteroatoms. The number of ether oxygens (including phenoxy) is 1. The molecule has 0 saturated heterocycles. The van der Waals surface area contributed by atoms with Crippen LogP contribution in [0.2, 0.25) is 0 Å². The highest BCUT2D eigenvalue weighted by Gasteiger charge is 2.62. The summed E-state index contributed by atoms with van der Waals surface area (Å²) in [6.07, 6.45) is 5.06. The van der Waals surface area contributed by atoms with Crippen LogP contribution in [0.25, 0.3) is 5.82 Å². The van der Waals surface area contributed by atoms with E-state index >= 15 is 0 Å². The maximum absolute atomic E-state index is 12.6. The summed E-state index contributed by atoms with van der Waals surface area (Å²) in [5.74, 6) is 0.395. The van der Waals surface area contributed by atoms with Gasteiger partial charge < -0.3 is 15.8 Å². The van der Waals surface area contributed by atoms with Crippen molar-refractivity contribution in [1.29, 1.82) is 0 Å². The standard InChI is InChI=1S/C16H22N6O2.2ClH/c1-4-24-12-7-16(17,15(12,2)3)14(23)21-11-5-6-13(19-8-11)22-10-18-9-20-22;;/h5-6,8-10,12H,4,7,17H2,1-3H3,(H,21,23);2*1H. The maximum Gasteiger partial charge on any atom is 0.245 e. The second kappa shape index (κ2) is 8.30. The minimum absolute atomic E-state index is 0. The van der Waals surface area contributed by atoms with Crippen LogP contribution in [0.5, 0.6) is 0 Å². The van der Waals surface area contributed by atoms with Gasteiger partial charge in [0, 0.05) is 18.4 Å². The third-order valence-electron chi connectivity index (χ3n) is 4.89. The quantitative estimate of drug-likeness (QED) is 0.791. The normalized spacial score (nSPS) is 23.2. The number of carbonyl (C=O) groups is 1. The molecule has 1 fully saturated rings. The molecular formula is C16H24Cl2N6O2. The van der Waals surface area contributed by atoms with Crippen LogP contribution < -0.4 is 11.1 Å². The predicted molar refractivity (Wildman–Crippen MR) is 103 cm³/mol. The third kappa shape index (κ3) is 3.68. The lowest BCUT2D eigenvalue weighted by Crippen LogP contribution is -2.74. The highest BCUT2D eigenvalue weighted by molar-refractivity contribution is 5.99. The molecule has 0 aromatic carbocycles. The molecule has 2 aromatic heterocycles. The maximum atomic E-state index is 12.6. The van der Waals surface area contributed by atoms with Crippen LogP contribution in [-0.4, -0.2) is 43.9 Å². The molecule has 1 saturated carbocycles. The van der Waals surface area contributed by atoms with Crippen molar-refractivity contribution >= 4 is 36.4 Å². The van der Waals surface area contributed by atoms with Gasteiger partial charge in [0.25, 0.3) is 0 Å². The number of anilines is 1. The lowest BCUT2D eigenvalue weighted by atomic mass is 9.54. The van der Waals surface area contributed by atoms with Crippen LogP contribution in [0, 0.1) is 5.41 Å². The monoisotopic (exact) mass is 402 g/mol. The predicted octanol–water partition coefficient (Wildman–Crippen LogP) is 1.98. The summed E-state index contributed by atoms with van der Waals surface area (Å²) >= 11 is 0. The summed E-state index contributed by atoms with van der Waals surface area (Å²) in [4.78, 5) is 20.8. The Kier molecular flexibility index (Phi) is 7.12. The van der Waals surface area contributed by atoms with Gasteiger partial charge in [-0.2, -0.15) is 5.10 Å². The SMILES string of the molecule is CCOC1CC(N)(C(=O)Nc2ccc(-n3cncn3)nc2)C1(C)C.Cl.Cl. The zero-order chi connectivity index (χ0) is 17.4. The number of aromatic nitrogens is 4. The highest BCUT2D eigenvalue weighted by Crippen LogP contribution is 2.50. The Morgan fingerprint density at radius 1 is 1.42 bits per heavy atom. The molecule has 26 heavy (non-hydrogen) atoms. The Morgan fingerprint density at radius 3 is 2.65 bits per heavy atom. The molecule has 3 N–H and O–H groups in total. The van der Waals surface area contributed by atoms with E-state index < -0.39 is 11.0 Å². The molecule has 2 atom stereocenters. The lowest BCUT2D eigenvalue weighted by Gasteiger charge is -2.57. The van der Waals surface area contributed by atoms with E-state index in [1.165, 1.54) is 11.0 Å². The van der Waals surface area contributed by atoms with E-state index in [-0.39, 0.29) is 36.8 Å². The molecule has 3 rings (SSSR count). The number of hydrogen-bond donors (Lipinski definition) is 2. The Balaban J connectivity index is 0.00000169. The van der Waals surface area contributed by atoms with Gasteiger partial charge in [-0.1, -0.05) is 13.8 Å². The first-order valence-electron chi connectivity index (χ1n) is 7.91. The fraction of sp³-hybridized carbons (Fsp3) is 0.500. The van der Waals surface area contributed by atoms with E-state index in [1.807, 2.05) is 20.8 Å². The van der Waals surface area contributed by atoms with E-state index in [0.717, 1.165) is 0 Å². The zero-order valence-electron chi connectivity index (χ0n) is 14.9. The summed E-state index contributed by atoms with van der Waals surface area (Å²) in [5.41, 5.74) is 5.56. The van der Waals surface area contributed by atoms with Gasteiger partial charge >= 0.3 is 0 Å². The Labute approximate surface area is 164 Å². The Hall–Kier alpha value is -1.74. The van der Waals surface area contributed by atoms with Crippen LogP contribution in [0.15, 0.2) is 31.0 Å². The molecule has 8 nitrogen and oxygen atoms in total. The first-order valence-corrected chi connectivity index (χ1v) is 7.91. The van der Waals surface area contributed by atoms with Crippen LogP contribution >= 0.6 is 24.8 Å². The number of nitrogens with one attached hydrogen (secondary N) is 1. The van der Waals surface area contributed by atoms with Crippen molar-refractivity contribution in [2.75, 3.05) is 11.9 Å². The molecule has 1 amide bonds. The number of rotatable bonds is 5. The van der Waals surface area contributed by atoms with Crippen molar-refractivity contribution < 1.29 is 9.53 Å². The first kappa shape index (κ1) is 22.3. The second-order valence-electron chi connectivity index (χ2n) is 6.54. The fourth-order valence-corrected chi connectivity index (χ4v) is 2.99. The highest BCUT2D eigenvalue weighted by atomic mass is 35.5. The minimum Gasteiger partial charge on any atom is -0.378 e. The van der Waals surface area contributed by atoms with Gasteiger partial charge in [0.1, 0.15) is 18.2 Å². The van der Waals surface area contributed by atoms with E-state index in [0.29, 0.717) is 24.5 Å². The summed E-state index contributed by atoms with van der Waals surface area (Å²) in [5, 5.41) is 6.85. The number of nitrogens with zero attached hydrogens (tertiary/aromatic N) is 4. The number of nitrogens with two attached hydrogens (primary N) is 1. The molecule has 0 radical (unpaired) electrons. The molecule has 0 aliphatic heterocycles. The van der Waals surface area contributed by atoms with E-state index in [1.54, 1.807) is 24.7 Å². The minimum atomic E-state index is -0.961. The van der Waals surface area contributed by atoms with Gasteiger partial charge in [-0.15, -0.1) is 24.8 Å². The van der Waals surface area contributed by atoms with Crippen molar-refractivity contribution in [3.05, 3.63) is 31.0 Å². The van der Waals surface area contributed by atoms with Gasteiger partial charge in [0.2, 0.25) is 5.91 Å². The van der Waals surface area contributed by atoms with Crippen LogP contribution in [0.1, 0.15) is 27.2 Å². The molecule has 2 unspecified atom stereocenters. The molecule has 2 aromatic rings.